The van der Waals surface area contributed by atoms with Crippen LogP contribution in [-0.4, -0.2) is 59.6 Å². The summed E-state index contributed by atoms with van der Waals surface area (Å²) in [6.45, 7) is 2.53. The van der Waals surface area contributed by atoms with E-state index in [0.29, 0.717) is 49.2 Å². The molecule has 0 radical (unpaired) electrons. The molecule has 0 aliphatic carbocycles. The van der Waals surface area contributed by atoms with E-state index in [-0.39, 0.29) is 12.5 Å². The van der Waals surface area contributed by atoms with Gasteiger partial charge in [0.1, 0.15) is 5.82 Å². The molecule has 2 amide bonds. The lowest BCUT2D eigenvalue weighted by atomic mass is 10.1. The average molecular weight is 480 g/mol. The van der Waals surface area contributed by atoms with Gasteiger partial charge < -0.3 is 25.4 Å². The van der Waals surface area contributed by atoms with Crippen LogP contribution in [0.2, 0.25) is 0 Å². The number of carbonyl (C=O) groups excluding carboxylic acids is 1. The fraction of sp³-hybridized carbons (Fsp3) is 0.250. The lowest BCUT2D eigenvalue weighted by Crippen LogP contribution is -2.37. The van der Waals surface area contributed by atoms with Crippen LogP contribution >= 0.6 is 11.8 Å². The van der Waals surface area contributed by atoms with Gasteiger partial charge in [0.15, 0.2) is 5.82 Å². The molecule has 2 aromatic carbocycles. The van der Waals surface area contributed by atoms with Gasteiger partial charge in [-0.15, -0.1) is 11.8 Å². The second-order valence-electron chi connectivity index (χ2n) is 7.54. The minimum Gasteiger partial charge on any atom is -0.481 e. The SMILES string of the molecule is CSc1c(CC(=O)O)nc(-c2ccc(NC(=O)Nc3ccccc3)cc2)nc1N1CCOCC1. The van der Waals surface area contributed by atoms with E-state index < -0.39 is 5.97 Å². The van der Waals surface area contributed by atoms with E-state index >= 15 is 0 Å². The number of hydrogen-bond acceptors (Lipinski definition) is 7. The Morgan fingerprint density at radius 1 is 1.00 bits per heavy atom. The summed E-state index contributed by atoms with van der Waals surface area (Å²) in [5.74, 6) is 0.217. The van der Waals surface area contributed by atoms with Gasteiger partial charge in [0.05, 0.1) is 30.2 Å². The van der Waals surface area contributed by atoms with Crippen LogP contribution in [0.1, 0.15) is 5.69 Å². The number of carboxylic acid groups (broad SMARTS) is 1. The zero-order valence-corrected chi connectivity index (χ0v) is 19.5. The molecular weight excluding hydrogens is 454 g/mol. The smallest absolute Gasteiger partial charge is 0.323 e. The Morgan fingerprint density at radius 3 is 2.26 bits per heavy atom. The number of benzene rings is 2. The van der Waals surface area contributed by atoms with E-state index in [1.807, 2.05) is 24.5 Å². The molecule has 2 heterocycles. The molecule has 3 N–H and O–H groups in total. The van der Waals surface area contributed by atoms with Crippen LogP contribution in [0.5, 0.6) is 0 Å². The molecule has 0 bridgehead atoms. The monoisotopic (exact) mass is 479 g/mol. The van der Waals surface area contributed by atoms with Gasteiger partial charge in [-0.3, -0.25) is 4.79 Å². The van der Waals surface area contributed by atoms with Gasteiger partial charge in [-0.1, -0.05) is 18.2 Å². The summed E-state index contributed by atoms with van der Waals surface area (Å²) in [5, 5.41) is 15.0. The molecule has 34 heavy (non-hydrogen) atoms. The molecule has 3 aromatic rings. The van der Waals surface area contributed by atoms with E-state index in [4.69, 9.17) is 9.72 Å². The van der Waals surface area contributed by atoms with Crippen molar-refractivity contribution in [2.45, 2.75) is 11.3 Å². The fourth-order valence-corrected chi connectivity index (χ4v) is 4.30. The molecule has 0 unspecified atom stereocenters. The molecule has 1 aliphatic heterocycles. The molecule has 1 saturated heterocycles. The first-order valence-corrected chi connectivity index (χ1v) is 12.0. The number of anilines is 3. The molecule has 9 nitrogen and oxygen atoms in total. The standard InChI is InChI=1S/C24H25N5O4S/c1-34-21-19(15-20(30)31)27-22(28-23(21)29-11-13-33-14-12-29)16-7-9-18(10-8-16)26-24(32)25-17-5-3-2-4-6-17/h2-10H,11-15H2,1H3,(H,30,31)(H2,25,26,32). The lowest BCUT2D eigenvalue weighted by molar-refractivity contribution is -0.136. The quantitative estimate of drug-likeness (QED) is 0.436. The third kappa shape index (κ3) is 5.83. The first kappa shape index (κ1) is 23.5. The molecule has 1 aromatic heterocycles. The maximum atomic E-state index is 12.3. The number of thioether (sulfide) groups is 1. The molecule has 10 heteroatoms. The summed E-state index contributed by atoms with van der Waals surface area (Å²) in [5.41, 5.74) is 2.51. The van der Waals surface area contributed by atoms with Crippen molar-refractivity contribution in [1.29, 1.82) is 0 Å². The third-order valence-corrected chi connectivity index (χ3v) is 6.01. The summed E-state index contributed by atoms with van der Waals surface area (Å²) in [6, 6.07) is 16.0. The Hall–Kier alpha value is -3.63. The highest BCUT2D eigenvalue weighted by atomic mass is 32.2. The molecule has 4 rings (SSSR count). The van der Waals surface area contributed by atoms with Crippen LogP contribution in [-0.2, 0) is 16.0 Å². The van der Waals surface area contributed by atoms with E-state index in [0.717, 1.165) is 16.3 Å². The Balaban J connectivity index is 1.58. The van der Waals surface area contributed by atoms with Crippen molar-refractivity contribution in [1.82, 2.24) is 9.97 Å². The first-order chi connectivity index (χ1) is 16.5. The van der Waals surface area contributed by atoms with Crippen molar-refractivity contribution in [3.63, 3.8) is 0 Å². The highest BCUT2D eigenvalue weighted by molar-refractivity contribution is 7.98. The molecule has 1 aliphatic rings. The summed E-state index contributed by atoms with van der Waals surface area (Å²) < 4.78 is 5.46. The van der Waals surface area contributed by atoms with Crippen LogP contribution in [0.3, 0.4) is 0 Å². The van der Waals surface area contributed by atoms with Crippen molar-refractivity contribution >= 4 is 41.0 Å². The van der Waals surface area contributed by atoms with Gasteiger partial charge in [0, 0.05) is 30.0 Å². The first-order valence-electron chi connectivity index (χ1n) is 10.8. The van der Waals surface area contributed by atoms with E-state index in [9.17, 15) is 14.7 Å². The maximum Gasteiger partial charge on any atom is 0.323 e. The van der Waals surface area contributed by atoms with Gasteiger partial charge in [-0.25, -0.2) is 14.8 Å². The minimum atomic E-state index is -0.947. The zero-order valence-electron chi connectivity index (χ0n) is 18.7. The molecular formula is C24H25N5O4S. The van der Waals surface area contributed by atoms with Gasteiger partial charge in [-0.2, -0.15) is 0 Å². The average Bonchev–Trinajstić information content (AvgIpc) is 2.85. The number of morpholine rings is 1. The summed E-state index contributed by atoms with van der Waals surface area (Å²) in [4.78, 5) is 36.0. The zero-order chi connectivity index (χ0) is 23.9. The van der Waals surface area contributed by atoms with Gasteiger partial charge in [0.25, 0.3) is 0 Å². The van der Waals surface area contributed by atoms with Gasteiger partial charge in [0.2, 0.25) is 0 Å². The second-order valence-corrected chi connectivity index (χ2v) is 8.36. The number of aromatic nitrogens is 2. The van der Waals surface area contributed by atoms with Crippen molar-refractivity contribution < 1.29 is 19.4 Å². The number of carboxylic acids is 1. The highest BCUT2D eigenvalue weighted by Gasteiger charge is 2.22. The minimum absolute atomic E-state index is 0.192. The number of para-hydroxylation sites is 1. The Morgan fingerprint density at radius 2 is 1.65 bits per heavy atom. The number of urea groups is 1. The van der Waals surface area contributed by atoms with Crippen molar-refractivity contribution in [2.75, 3.05) is 48.1 Å². The number of amides is 2. The van der Waals surface area contributed by atoms with Crippen LogP contribution in [0.4, 0.5) is 22.0 Å². The van der Waals surface area contributed by atoms with E-state index in [2.05, 4.69) is 20.5 Å². The van der Waals surface area contributed by atoms with Crippen LogP contribution < -0.4 is 15.5 Å². The van der Waals surface area contributed by atoms with Gasteiger partial charge in [-0.05, 0) is 42.7 Å². The molecule has 1 fully saturated rings. The predicted octanol–water partition coefficient (Wildman–Crippen LogP) is 3.97. The van der Waals surface area contributed by atoms with Crippen LogP contribution in [0.15, 0.2) is 59.5 Å². The van der Waals surface area contributed by atoms with Crippen molar-refractivity contribution in [3.05, 3.63) is 60.3 Å². The Bertz CT molecular complexity index is 1150. The highest BCUT2D eigenvalue weighted by Crippen LogP contribution is 2.33. The van der Waals surface area contributed by atoms with E-state index in [1.54, 1.807) is 36.4 Å². The van der Waals surface area contributed by atoms with Gasteiger partial charge >= 0.3 is 12.0 Å². The number of hydrogen-bond donors (Lipinski definition) is 3. The summed E-state index contributed by atoms with van der Waals surface area (Å²) >= 11 is 1.45. The van der Waals surface area contributed by atoms with Crippen LogP contribution in [0, 0.1) is 0 Å². The molecule has 0 spiro atoms. The summed E-state index contributed by atoms with van der Waals surface area (Å²) in [7, 11) is 0. The second kappa shape index (κ2) is 11.0. The number of ether oxygens (including phenoxy) is 1. The Labute approximate surface area is 201 Å². The van der Waals surface area contributed by atoms with Crippen molar-refractivity contribution in [3.8, 4) is 11.4 Å². The number of rotatable bonds is 7. The lowest BCUT2D eigenvalue weighted by Gasteiger charge is -2.30. The predicted molar refractivity (Wildman–Crippen MR) is 133 cm³/mol. The molecule has 176 valence electrons. The number of aliphatic carboxylic acids is 1. The Kier molecular flexibility index (Phi) is 7.61. The molecule has 0 saturated carbocycles. The van der Waals surface area contributed by atoms with E-state index in [1.165, 1.54) is 11.8 Å². The normalized spacial score (nSPS) is 13.4. The third-order valence-electron chi connectivity index (χ3n) is 5.18. The number of nitrogens with one attached hydrogen (secondary N) is 2. The maximum absolute atomic E-state index is 12.3. The molecule has 0 atom stereocenters. The van der Waals surface area contributed by atoms with Crippen LogP contribution in [0.25, 0.3) is 11.4 Å². The number of nitrogens with zero attached hydrogens (tertiary/aromatic N) is 3. The van der Waals surface area contributed by atoms with Crippen molar-refractivity contribution in [2.24, 2.45) is 0 Å². The fourth-order valence-electron chi connectivity index (χ4n) is 3.59. The largest absolute Gasteiger partial charge is 0.481 e. The summed E-state index contributed by atoms with van der Waals surface area (Å²) in [6.07, 6.45) is 1.71. The topological polar surface area (TPSA) is 117 Å². The number of carbonyl (C=O) groups is 2.